The van der Waals surface area contributed by atoms with Gasteiger partial charge in [0.15, 0.2) is 0 Å². The second-order valence-electron chi connectivity index (χ2n) is 19.0. The first-order valence-corrected chi connectivity index (χ1v) is 23.7. The lowest BCUT2D eigenvalue weighted by atomic mass is 9.97. The molecule has 0 saturated carbocycles. The second kappa shape index (κ2) is 19.8. The Labute approximate surface area is 457 Å². The van der Waals surface area contributed by atoms with Crippen LogP contribution in [-0.2, 0) is 49.4 Å². The lowest BCUT2D eigenvalue weighted by molar-refractivity contribution is -0.144. The molecule has 0 unspecified atom stereocenters. The lowest BCUT2D eigenvalue weighted by Crippen LogP contribution is -2.11. The van der Waals surface area contributed by atoms with E-state index in [9.17, 15) is 105 Å². The molecule has 85 heavy (non-hydrogen) atoms. The molecule has 4 aromatic carbocycles. The minimum Gasteiger partial charge on any atom is -0.354 e. The standard InChI is InChI=1S/C56H25F24N5/c57-49(58,59)27-11-23(12-28(19-27)50(60,61)62)45-37-3-1-35(81-37)36-2-4-38(82-36)46(24-13-29(51(63,64)65)20-30(14-24)52(66,67)68)40-6-8-42(84-40)48(26-17-33(55(75,76)77)22-34(18-26)56(78,79)80)44-10-9-43(85-44)47(41-7-5-39(45)83-41)25-15-31(53(69,70)71)21-32(16-25)54(72,73)74/h1-22,81-82,85H. The molecule has 442 valence electrons. The molecule has 3 N–H and O–H groups in total. The summed E-state index contributed by atoms with van der Waals surface area (Å²) in [5, 5.41) is 0. The van der Waals surface area contributed by atoms with Crippen molar-refractivity contribution in [2.45, 2.75) is 49.4 Å². The fourth-order valence-electron chi connectivity index (χ4n) is 9.53. The van der Waals surface area contributed by atoms with E-state index in [1.54, 1.807) is 0 Å². The zero-order valence-corrected chi connectivity index (χ0v) is 41.2. The minimum atomic E-state index is -5.60. The number of benzene rings is 4. The summed E-state index contributed by atoms with van der Waals surface area (Å²) in [4.78, 5) is 16.6. The third-order valence-corrected chi connectivity index (χ3v) is 13.2. The molecule has 0 amide bonds. The number of alkyl halides is 24. The molecule has 0 aliphatic carbocycles. The van der Waals surface area contributed by atoms with E-state index >= 15 is 0 Å². The average Bonchev–Trinajstić information content (AvgIpc) is 1.90. The third-order valence-electron chi connectivity index (χ3n) is 13.2. The highest BCUT2D eigenvalue weighted by Gasteiger charge is 2.42. The maximum atomic E-state index is 14.6. The van der Waals surface area contributed by atoms with Crippen LogP contribution >= 0.6 is 0 Å². The van der Waals surface area contributed by atoms with Crippen molar-refractivity contribution in [3.63, 3.8) is 0 Å². The van der Waals surface area contributed by atoms with Crippen LogP contribution in [0.4, 0.5) is 105 Å². The normalized spacial score (nSPS) is 13.8. The summed E-state index contributed by atoms with van der Waals surface area (Å²) in [5.41, 5.74) is -28.2. The highest BCUT2D eigenvalue weighted by molar-refractivity contribution is 6.00. The first kappa shape index (κ1) is 59.2. The van der Waals surface area contributed by atoms with Gasteiger partial charge in [-0.2, -0.15) is 105 Å². The summed E-state index contributed by atoms with van der Waals surface area (Å²) < 4.78 is 349. The molecule has 8 aromatic rings. The Morgan fingerprint density at radius 1 is 0.212 bits per heavy atom. The Kier molecular flexibility index (Phi) is 13.8. The summed E-state index contributed by atoms with van der Waals surface area (Å²) in [6.45, 7) is 0. The summed E-state index contributed by atoms with van der Waals surface area (Å²) in [6, 6.07) is 6.33. The molecule has 6 heterocycles. The molecule has 10 bridgehead atoms. The molecule has 0 spiro atoms. The van der Waals surface area contributed by atoms with E-state index < -0.39 is 183 Å². The van der Waals surface area contributed by atoms with E-state index in [1.807, 2.05) is 0 Å². The molecular weight excluding hydrogens is 1200 g/mol. The van der Waals surface area contributed by atoms with Crippen molar-refractivity contribution in [3.05, 3.63) is 176 Å². The van der Waals surface area contributed by atoms with Crippen LogP contribution in [0.5, 0.6) is 0 Å². The summed E-state index contributed by atoms with van der Waals surface area (Å²) in [5.74, 6) is 0. The lowest BCUT2D eigenvalue weighted by Gasteiger charge is -2.15. The summed E-state index contributed by atoms with van der Waals surface area (Å²) in [6.07, 6.45) is -41.0. The van der Waals surface area contributed by atoms with Crippen LogP contribution in [0.25, 0.3) is 102 Å². The Hall–Kier alpha value is -8.92. The topological polar surface area (TPSA) is 73.2 Å². The number of aromatic nitrogens is 5. The van der Waals surface area contributed by atoms with Gasteiger partial charge in [0.2, 0.25) is 0 Å². The highest BCUT2D eigenvalue weighted by atomic mass is 19.4. The third kappa shape index (κ3) is 11.8. The molecule has 2 aliphatic heterocycles. The number of hydrogen-bond acceptors (Lipinski definition) is 2. The second-order valence-corrected chi connectivity index (χ2v) is 19.0. The van der Waals surface area contributed by atoms with Crippen molar-refractivity contribution in [1.29, 1.82) is 0 Å². The molecule has 10 rings (SSSR count). The number of nitrogens with one attached hydrogen (secondary N) is 3. The summed E-state index contributed by atoms with van der Waals surface area (Å²) >= 11 is 0. The van der Waals surface area contributed by atoms with Crippen LogP contribution < -0.4 is 0 Å². The Morgan fingerprint density at radius 3 is 0.529 bits per heavy atom. The Morgan fingerprint density at radius 2 is 0.365 bits per heavy atom. The molecule has 29 heteroatoms. The van der Waals surface area contributed by atoms with Crippen molar-refractivity contribution in [1.82, 2.24) is 24.9 Å². The van der Waals surface area contributed by atoms with E-state index in [4.69, 9.17) is 0 Å². The fourth-order valence-corrected chi connectivity index (χ4v) is 9.53. The van der Waals surface area contributed by atoms with Crippen molar-refractivity contribution >= 4 is 57.4 Å². The number of nitrogens with zero attached hydrogens (tertiary/aromatic N) is 2. The van der Waals surface area contributed by atoms with E-state index in [1.165, 1.54) is 0 Å². The molecule has 5 nitrogen and oxygen atoms in total. The van der Waals surface area contributed by atoms with Crippen LogP contribution in [0.15, 0.2) is 109 Å². The Balaban J connectivity index is 1.47. The smallest absolute Gasteiger partial charge is 0.354 e. The van der Waals surface area contributed by atoms with E-state index in [0.717, 1.165) is 60.7 Å². The van der Waals surface area contributed by atoms with Gasteiger partial charge < -0.3 is 15.0 Å². The van der Waals surface area contributed by atoms with Crippen molar-refractivity contribution in [2.75, 3.05) is 0 Å². The average molecular weight is 1220 g/mol. The van der Waals surface area contributed by atoms with Gasteiger partial charge in [0.1, 0.15) is 0 Å². The van der Waals surface area contributed by atoms with Gasteiger partial charge in [-0.05, 0) is 156 Å². The first-order chi connectivity index (χ1) is 39.1. The zero-order valence-electron chi connectivity index (χ0n) is 41.2. The quantitative estimate of drug-likeness (QED) is 0.154. The van der Waals surface area contributed by atoms with E-state index in [2.05, 4.69) is 24.9 Å². The summed E-state index contributed by atoms with van der Waals surface area (Å²) in [7, 11) is 0. The molecule has 0 fully saturated rings. The van der Waals surface area contributed by atoms with Crippen molar-refractivity contribution in [2.24, 2.45) is 0 Å². The van der Waals surface area contributed by atoms with Gasteiger partial charge >= 0.3 is 49.4 Å². The van der Waals surface area contributed by atoms with Crippen LogP contribution in [0.1, 0.15) is 67.3 Å². The molecular formula is C56H25F24N5. The SMILES string of the molecule is FC(F)(F)c1cc(-c2c3nc(c(-c4cc(C(F)(F)F)cc(C(F)(F)F)c4)c4ccc([nH]4)c4ccc([nH]4)c(-c4cc(C(F)(F)F)cc(C(F)(F)F)c4)c4nc(c(-c5cc(C(F)(F)F)cc(C(F)(F)F)c5)c5ccc2[nH]5)C=C4)C=C3)cc(C(F)(F)F)c1. The number of aromatic amines is 3. The number of H-pyrrole nitrogens is 3. The predicted octanol–water partition coefficient (Wildman–Crippen LogP) is 20.5. The first-order valence-electron chi connectivity index (χ1n) is 23.7. The number of rotatable bonds is 4. The fraction of sp³-hybridized carbons (Fsp3) is 0.143. The van der Waals surface area contributed by atoms with Gasteiger partial charge in [0, 0.05) is 44.3 Å². The van der Waals surface area contributed by atoms with Crippen molar-refractivity contribution in [3.8, 4) is 44.5 Å². The maximum absolute atomic E-state index is 14.6. The van der Waals surface area contributed by atoms with Crippen LogP contribution in [-0.4, -0.2) is 24.9 Å². The van der Waals surface area contributed by atoms with Crippen LogP contribution in [0.3, 0.4) is 0 Å². The molecule has 0 radical (unpaired) electrons. The maximum Gasteiger partial charge on any atom is 0.416 e. The molecule has 0 atom stereocenters. The van der Waals surface area contributed by atoms with E-state index in [0.29, 0.717) is 0 Å². The van der Waals surface area contributed by atoms with Gasteiger partial charge in [-0.1, -0.05) is 0 Å². The zero-order chi connectivity index (χ0) is 62.1. The number of fused-ring (bicyclic) bond motifs is 11. The minimum absolute atomic E-state index is 0.150. The van der Waals surface area contributed by atoms with E-state index in [-0.39, 0.29) is 83.8 Å². The number of hydrogen-bond donors (Lipinski definition) is 3. The predicted molar refractivity (Wildman–Crippen MR) is 261 cm³/mol. The van der Waals surface area contributed by atoms with Gasteiger partial charge in [0.05, 0.1) is 78.3 Å². The van der Waals surface area contributed by atoms with Gasteiger partial charge in [-0.15, -0.1) is 0 Å². The molecule has 2 aliphatic rings. The van der Waals surface area contributed by atoms with Gasteiger partial charge in [-0.25, -0.2) is 9.97 Å². The molecule has 0 saturated heterocycles. The van der Waals surface area contributed by atoms with Crippen LogP contribution in [0, 0.1) is 0 Å². The monoisotopic (exact) mass is 1220 g/mol. The van der Waals surface area contributed by atoms with Crippen molar-refractivity contribution < 1.29 is 105 Å². The van der Waals surface area contributed by atoms with Crippen LogP contribution in [0.2, 0.25) is 0 Å². The van der Waals surface area contributed by atoms with Gasteiger partial charge in [0.25, 0.3) is 0 Å². The number of halogens is 24. The highest BCUT2D eigenvalue weighted by Crippen LogP contribution is 2.47. The van der Waals surface area contributed by atoms with Gasteiger partial charge in [-0.3, -0.25) is 0 Å². The Bertz CT molecular complexity index is 3900. The largest absolute Gasteiger partial charge is 0.416 e. The molecule has 4 aromatic heterocycles.